The standard InChI is InChI=1S/C16H17N3O3S/c1-3-11-19(23(2,21)22)15-8-6-13(7-9-15)16(20)18-14-5-4-10-17-12-14/h3-10,12H,1,11H2,2H3,(H,18,20). The highest BCUT2D eigenvalue weighted by molar-refractivity contribution is 7.92. The first-order valence-corrected chi connectivity index (χ1v) is 8.66. The van der Waals surface area contributed by atoms with Gasteiger partial charge in [-0.3, -0.25) is 14.1 Å². The summed E-state index contributed by atoms with van der Waals surface area (Å²) in [6.45, 7) is 3.72. The maximum Gasteiger partial charge on any atom is 0.255 e. The Labute approximate surface area is 135 Å². The number of anilines is 2. The van der Waals surface area contributed by atoms with Crippen LogP contribution in [0.5, 0.6) is 0 Å². The van der Waals surface area contributed by atoms with E-state index in [2.05, 4.69) is 16.9 Å². The van der Waals surface area contributed by atoms with Gasteiger partial charge in [-0.05, 0) is 36.4 Å². The lowest BCUT2D eigenvalue weighted by Crippen LogP contribution is -2.29. The lowest BCUT2D eigenvalue weighted by molar-refractivity contribution is 0.102. The van der Waals surface area contributed by atoms with Crippen molar-refractivity contribution in [3.05, 3.63) is 67.0 Å². The number of amides is 1. The monoisotopic (exact) mass is 331 g/mol. The Morgan fingerprint density at radius 2 is 2.00 bits per heavy atom. The molecule has 0 fully saturated rings. The molecule has 0 atom stereocenters. The Morgan fingerprint density at radius 3 is 2.52 bits per heavy atom. The van der Waals surface area contributed by atoms with Crippen molar-refractivity contribution in [1.82, 2.24) is 4.98 Å². The predicted molar refractivity (Wildman–Crippen MR) is 91.0 cm³/mol. The molecule has 0 saturated carbocycles. The highest BCUT2D eigenvalue weighted by atomic mass is 32.2. The third-order valence-electron chi connectivity index (χ3n) is 3.03. The molecule has 2 aromatic rings. The van der Waals surface area contributed by atoms with Crippen molar-refractivity contribution < 1.29 is 13.2 Å². The SMILES string of the molecule is C=CCN(c1ccc(C(=O)Nc2cccnc2)cc1)S(C)(=O)=O. The summed E-state index contributed by atoms with van der Waals surface area (Å²) in [4.78, 5) is 16.0. The minimum Gasteiger partial charge on any atom is -0.321 e. The van der Waals surface area contributed by atoms with E-state index in [0.29, 0.717) is 16.9 Å². The number of sulfonamides is 1. The molecule has 1 aromatic carbocycles. The zero-order valence-corrected chi connectivity index (χ0v) is 13.5. The van der Waals surface area contributed by atoms with Crippen molar-refractivity contribution in [2.45, 2.75) is 0 Å². The van der Waals surface area contributed by atoms with Crippen LogP contribution >= 0.6 is 0 Å². The third-order valence-corrected chi connectivity index (χ3v) is 4.19. The van der Waals surface area contributed by atoms with Gasteiger partial charge >= 0.3 is 0 Å². The van der Waals surface area contributed by atoms with Crippen molar-refractivity contribution in [3.8, 4) is 0 Å². The van der Waals surface area contributed by atoms with Crippen LogP contribution in [0.4, 0.5) is 11.4 Å². The number of pyridine rings is 1. The zero-order valence-electron chi connectivity index (χ0n) is 12.6. The smallest absolute Gasteiger partial charge is 0.255 e. The van der Waals surface area contributed by atoms with E-state index in [1.165, 1.54) is 10.4 Å². The van der Waals surface area contributed by atoms with Gasteiger partial charge in [0, 0.05) is 11.8 Å². The normalized spacial score (nSPS) is 10.8. The summed E-state index contributed by atoms with van der Waals surface area (Å²) in [6, 6.07) is 9.77. The van der Waals surface area contributed by atoms with Crippen molar-refractivity contribution in [2.24, 2.45) is 0 Å². The van der Waals surface area contributed by atoms with Crippen LogP contribution in [-0.2, 0) is 10.0 Å². The molecular formula is C16H17N3O3S. The first-order chi connectivity index (χ1) is 10.9. The first kappa shape index (κ1) is 16.7. The second-order valence-corrected chi connectivity index (χ2v) is 6.73. The quantitative estimate of drug-likeness (QED) is 0.824. The molecule has 7 heteroatoms. The summed E-state index contributed by atoms with van der Waals surface area (Å²) >= 11 is 0. The van der Waals surface area contributed by atoms with Gasteiger partial charge in [0.05, 0.1) is 30.4 Å². The van der Waals surface area contributed by atoms with Crippen LogP contribution in [0.3, 0.4) is 0 Å². The largest absolute Gasteiger partial charge is 0.321 e. The van der Waals surface area contributed by atoms with E-state index >= 15 is 0 Å². The Hall–Kier alpha value is -2.67. The topological polar surface area (TPSA) is 79.4 Å². The molecule has 0 unspecified atom stereocenters. The molecule has 2 rings (SSSR count). The molecule has 1 amide bonds. The minimum atomic E-state index is -3.41. The maximum absolute atomic E-state index is 12.1. The Bertz CT molecular complexity index is 787. The number of nitrogens with zero attached hydrogens (tertiary/aromatic N) is 2. The third kappa shape index (κ3) is 4.40. The van der Waals surface area contributed by atoms with Crippen molar-refractivity contribution in [3.63, 3.8) is 0 Å². The molecule has 1 aromatic heterocycles. The summed E-state index contributed by atoms with van der Waals surface area (Å²) < 4.78 is 24.8. The van der Waals surface area contributed by atoms with Gasteiger partial charge in [0.2, 0.25) is 10.0 Å². The molecule has 1 N–H and O–H groups in total. The number of nitrogens with one attached hydrogen (secondary N) is 1. The zero-order chi connectivity index (χ0) is 16.9. The fraction of sp³-hybridized carbons (Fsp3) is 0.125. The van der Waals surface area contributed by atoms with Crippen molar-refractivity contribution in [2.75, 3.05) is 22.4 Å². The van der Waals surface area contributed by atoms with E-state index in [9.17, 15) is 13.2 Å². The van der Waals surface area contributed by atoms with E-state index < -0.39 is 10.0 Å². The molecular weight excluding hydrogens is 314 g/mol. The molecule has 0 aliphatic rings. The Balaban J connectivity index is 2.18. The Kier molecular flexibility index (Phi) is 5.13. The molecule has 6 nitrogen and oxygen atoms in total. The summed E-state index contributed by atoms with van der Waals surface area (Å²) in [7, 11) is -3.41. The van der Waals surface area contributed by atoms with Crippen LogP contribution in [0.2, 0.25) is 0 Å². The summed E-state index contributed by atoms with van der Waals surface area (Å²) in [6.07, 6.45) is 5.79. The second kappa shape index (κ2) is 7.06. The van der Waals surface area contributed by atoms with Gasteiger partial charge in [-0.1, -0.05) is 6.08 Å². The number of hydrogen-bond acceptors (Lipinski definition) is 4. The van der Waals surface area contributed by atoms with Crippen LogP contribution in [0.15, 0.2) is 61.4 Å². The van der Waals surface area contributed by atoms with Gasteiger partial charge in [0.15, 0.2) is 0 Å². The lowest BCUT2D eigenvalue weighted by Gasteiger charge is -2.20. The number of aromatic nitrogens is 1. The molecule has 120 valence electrons. The number of rotatable bonds is 6. The number of hydrogen-bond donors (Lipinski definition) is 1. The average molecular weight is 331 g/mol. The lowest BCUT2D eigenvalue weighted by atomic mass is 10.2. The molecule has 23 heavy (non-hydrogen) atoms. The van der Waals surface area contributed by atoms with Crippen LogP contribution in [-0.4, -0.2) is 32.1 Å². The fourth-order valence-electron chi connectivity index (χ4n) is 1.97. The van der Waals surface area contributed by atoms with E-state index in [1.54, 1.807) is 48.8 Å². The molecule has 0 saturated heterocycles. The molecule has 0 radical (unpaired) electrons. The maximum atomic E-state index is 12.1. The van der Waals surface area contributed by atoms with Crippen LogP contribution in [0.25, 0.3) is 0 Å². The Morgan fingerprint density at radius 1 is 1.30 bits per heavy atom. The van der Waals surface area contributed by atoms with Gasteiger partial charge in [0.1, 0.15) is 0 Å². The van der Waals surface area contributed by atoms with Crippen LogP contribution in [0.1, 0.15) is 10.4 Å². The van der Waals surface area contributed by atoms with E-state index in [1.807, 2.05) is 0 Å². The molecule has 0 aliphatic carbocycles. The summed E-state index contributed by atoms with van der Waals surface area (Å²) in [5.74, 6) is -0.292. The van der Waals surface area contributed by atoms with E-state index in [0.717, 1.165) is 6.26 Å². The highest BCUT2D eigenvalue weighted by Crippen LogP contribution is 2.19. The van der Waals surface area contributed by atoms with Crippen LogP contribution in [0, 0.1) is 0 Å². The first-order valence-electron chi connectivity index (χ1n) is 6.82. The molecule has 0 spiro atoms. The fourth-order valence-corrected chi connectivity index (χ4v) is 2.85. The second-order valence-electron chi connectivity index (χ2n) is 4.83. The van der Waals surface area contributed by atoms with Gasteiger partial charge < -0.3 is 5.32 Å². The number of benzene rings is 1. The van der Waals surface area contributed by atoms with Crippen molar-refractivity contribution >= 4 is 27.3 Å². The number of carbonyl (C=O) groups is 1. The average Bonchev–Trinajstić information content (AvgIpc) is 2.52. The minimum absolute atomic E-state index is 0.167. The van der Waals surface area contributed by atoms with Gasteiger partial charge in [-0.2, -0.15) is 0 Å². The molecule has 1 heterocycles. The number of carbonyl (C=O) groups excluding carboxylic acids is 1. The van der Waals surface area contributed by atoms with Crippen molar-refractivity contribution in [1.29, 1.82) is 0 Å². The molecule has 0 bridgehead atoms. The predicted octanol–water partition coefficient (Wildman–Crippen LogP) is 2.29. The summed E-state index contributed by atoms with van der Waals surface area (Å²) in [5, 5.41) is 2.71. The van der Waals surface area contributed by atoms with Gasteiger partial charge in [-0.25, -0.2) is 8.42 Å². The van der Waals surface area contributed by atoms with Gasteiger partial charge in [-0.15, -0.1) is 6.58 Å². The van der Waals surface area contributed by atoms with Gasteiger partial charge in [0.25, 0.3) is 5.91 Å². The van der Waals surface area contributed by atoms with E-state index in [-0.39, 0.29) is 12.5 Å². The molecule has 0 aliphatic heterocycles. The highest BCUT2D eigenvalue weighted by Gasteiger charge is 2.16. The van der Waals surface area contributed by atoms with E-state index in [4.69, 9.17) is 0 Å². The van der Waals surface area contributed by atoms with Crippen LogP contribution < -0.4 is 9.62 Å². The summed E-state index contributed by atoms with van der Waals surface area (Å²) in [5.41, 5.74) is 1.49.